The summed E-state index contributed by atoms with van der Waals surface area (Å²) in [5.74, 6) is 2.39. The molecule has 11 heteroatoms. The average molecular weight is 634 g/mol. The zero-order valence-electron chi connectivity index (χ0n) is 20.2. The molecular weight excluding hydrogens is 610 g/mol. The van der Waals surface area contributed by atoms with Crippen molar-refractivity contribution in [2.45, 2.75) is 13.0 Å². The Kier molecular flexibility index (Phi) is 6.55. The number of pyridine rings is 1. The second-order valence-corrected chi connectivity index (χ2v) is 13.9. The molecule has 0 fully saturated rings. The summed E-state index contributed by atoms with van der Waals surface area (Å²) in [5, 5.41) is 2.45. The Bertz CT molecular complexity index is 1480. The number of hydrogen-bond donors (Lipinski definition) is 0. The van der Waals surface area contributed by atoms with Crippen molar-refractivity contribution in [1.29, 1.82) is 0 Å². The number of aromatic nitrogens is 1. The molecule has 0 saturated heterocycles. The Morgan fingerprint density at radius 2 is 1.38 bits per heavy atom. The van der Waals surface area contributed by atoms with E-state index in [1.165, 1.54) is 33.3 Å². The van der Waals surface area contributed by atoms with Crippen LogP contribution in [0.1, 0.15) is 5.56 Å². The van der Waals surface area contributed by atoms with Crippen molar-refractivity contribution in [1.82, 2.24) is 0 Å². The molecule has 1 aliphatic rings. The molecule has 37 heavy (non-hydrogen) atoms. The molecule has 1 aliphatic heterocycles. The van der Waals surface area contributed by atoms with Gasteiger partial charge in [-0.1, -0.05) is 24.3 Å². The third kappa shape index (κ3) is 6.60. The quantitative estimate of drug-likeness (QED) is 0.136. The van der Waals surface area contributed by atoms with Crippen LogP contribution in [0.25, 0.3) is 33.3 Å². The fourth-order valence-corrected chi connectivity index (χ4v) is 4.45. The number of hydrogen-bond acceptors (Lipinski definition) is 3. The van der Waals surface area contributed by atoms with Gasteiger partial charge in [-0.15, -0.1) is 0 Å². The molecule has 2 heterocycles. The summed E-state index contributed by atoms with van der Waals surface area (Å²) in [7, 11) is 5.08. The van der Waals surface area contributed by atoms with Gasteiger partial charge in [0.05, 0.1) is 32.3 Å². The number of benzene rings is 3. The van der Waals surface area contributed by atoms with E-state index in [4.69, 9.17) is 14.2 Å². The maximum absolute atomic E-state index is 11.2. The molecule has 0 radical (unpaired) electrons. The molecule has 0 saturated carbocycles. The van der Waals surface area contributed by atoms with Crippen LogP contribution in [0.4, 0.5) is 16.9 Å². The first-order valence-electron chi connectivity index (χ1n) is 11.1. The van der Waals surface area contributed by atoms with Crippen molar-refractivity contribution in [3.8, 4) is 39.8 Å². The van der Waals surface area contributed by atoms with Crippen LogP contribution in [0, 0.1) is 0 Å². The zero-order valence-corrected chi connectivity index (χ0v) is 22.7. The number of aryl methyl sites for hydroxylation is 1. The van der Waals surface area contributed by atoms with Crippen LogP contribution < -0.4 is 18.8 Å². The van der Waals surface area contributed by atoms with Crippen LogP contribution in [0.2, 0.25) is 0 Å². The Balaban J connectivity index is 0.000000405. The Hall–Kier alpha value is -3.13. The molecule has 5 rings (SSSR count). The predicted octanol–water partition coefficient (Wildman–Crippen LogP) is 7.18. The van der Waals surface area contributed by atoms with Gasteiger partial charge in [0, 0.05) is 18.1 Å². The number of rotatable bonds is 4. The third-order valence-electron chi connectivity index (χ3n) is 5.90. The molecule has 0 spiro atoms. The van der Waals surface area contributed by atoms with Gasteiger partial charge in [-0.25, -0.2) is 0 Å². The van der Waals surface area contributed by atoms with Gasteiger partial charge in [0.2, 0.25) is 11.4 Å². The average Bonchev–Trinajstić information content (AvgIpc) is 2.85. The van der Waals surface area contributed by atoms with Crippen molar-refractivity contribution >= 4 is 30.2 Å². The van der Waals surface area contributed by atoms with E-state index in [0.717, 1.165) is 35.8 Å². The van der Waals surface area contributed by atoms with E-state index in [-0.39, 0.29) is 0 Å². The van der Waals surface area contributed by atoms with Crippen LogP contribution >= 0.6 is 0 Å². The van der Waals surface area contributed by atoms with Crippen LogP contribution in [-0.2, 0) is 13.0 Å². The van der Waals surface area contributed by atoms with E-state index in [1.54, 1.807) is 21.3 Å². The first kappa shape index (κ1) is 26.9. The van der Waals surface area contributed by atoms with E-state index >= 15 is 0 Å². The fourth-order valence-electron chi connectivity index (χ4n) is 4.45. The zero-order chi connectivity index (χ0) is 27.1. The van der Waals surface area contributed by atoms with Gasteiger partial charge in [0.15, 0.2) is 18.0 Å². The summed E-state index contributed by atoms with van der Waals surface area (Å²) in [5.41, 5.74) is 6.02. The number of ether oxygens (including phenoxy) is 3. The molecular formula is C26H24F6NO3Sb. The van der Waals surface area contributed by atoms with Crippen molar-refractivity contribution < 1.29 is 35.7 Å². The predicted molar refractivity (Wildman–Crippen MR) is 131 cm³/mol. The van der Waals surface area contributed by atoms with Crippen LogP contribution in [0.15, 0.2) is 66.7 Å². The first-order valence-corrected chi connectivity index (χ1v) is 16.9. The van der Waals surface area contributed by atoms with Crippen LogP contribution in [-0.4, -0.2) is 40.8 Å². The minimum atomic E-state index is -11.2. The molecule has 0 N–H and O–H groups in total. The standard InChI is InChI=1S/C26H24NO3.6FH.Sb/c1-28-20-9-6-8-19(13-20)23-14-17-7-4-5-10-21(17)26-22-16-25(30-3)24(29-2)15-18(22)11-12-27(23)26;;;;;;;/h4-10,13-16H,11-12H2,1-3H3;6*1H;/q+1;;;;;;;+5/p-6. The molecule has 3 aromatic carbocycles. The van der Waals surface area contributed by atoms with E-state index in [9.17, 15) is 16.9 Å². The second-order valence-electron chi connectivity index (χ2n) is 8.42. The Morgan fingerprint density at radius 1 is 0.730 bits per heavy atom. The fraction of sp³-hybridized carbons (Fsp3) is 0.192. The van der Waals surface area contributed by atoms with Gasteiger partial charge >= 0.3 is 36.4 Å². The van der Waals surface area contributed by atoms with E-state index in [2.05, 4.69) is 59.2 Å². The Morgan fingerprint density at radius 3 is 2.03 bits per heavy atom. The SMILES string of the molecule is COc1cccc(-c2cc3ccccc3c3[n+]2CCc2cc(OC)c(OC)cc2-3)c1.[F][Sb-]([F])([F])([F])([F])[F]. The van der Waals surface area contributed by atoms with Gasteiger partial charge in [0.25, 0.3) is 0 Å². The topological polar surface area (TPSA) is 31.6 Å². The minimum absolute atomic E-state index is 0.751. The van der Waals surface area contributed by atoms with Crippen molar-refractivity contribution in [3.05, 3.63) is 72.3 Å². The number of fused-ring (bicyclic) bond motifs is 5. The van der Waals surface area contributed by atoms with E-state index in [1.807, 2.05) is 12.1 Å². The van der Waals surface area contributed by atoms with E-state index < -0.39 is 19.5 Å². The molecule has 1 aromatic heterocycles. The molecule has 4 aromatic rings. The molecule has 0 amide bonds. The molecule has 0 atom stereocenters. The van der Waals surface area contributed by atoms with Gasteiger partial charge in [-0.2, -0.15) is 4.57 Å². The molecule has 4 nitrogen and oxygen atoms in total. The van der Waals surface area contributed by atoms with Gasteiger partial charge in [-0.3, -0.25) is 0 Å². The molecule has 198 valence electrons. The van der Waals surface area contributed by atoms with Crippen molar-refractivity contribution in [2.75, 3.05) is 21.3 Å². The number of halogens is 6. The second kappa shape index (κ2) is 9.01. The monoisotopic (exact) mass is 633 g/mol. The normalized spacial score (nSPS) is 14.3. The van der Waals surface area contributed by atoms with Crippen molar-refractivity contribution in [2.24, 2.45) is 0 Å². The number of nitrogens with zero attached hydrogens (tertiary/aromatic N) is 1. The van der Waals surface area contributed by atoms with Crippen LogP contribution in [0.3, 0.4) is 0 Å². The maximum atomic E-state index is 9.93. The molecule has 0 bridgehead atoms. The summed E-state index contributed by atoms with van der Waals surface area (Å²) in [6.45, 7) is 0.898. The van der Waals surface area contributed by atoms with Gasteiger partial charge in [0.1, 0.15) is 5.75 Å². The number of methoxy groups -OCH3 is 3. The molecule has 0 unspecified atom stereocenters. The molecule has 0 aliphatic carbocycles. The third-order valence-corrected chi connectivity index (χ3v) is 5.90. The van der Waals surface area contributed by atoms with E-state index in [0.29, 0.717) is 0 Å². The van der Waals surface area contributed by atoms with Crippen molar-refractivity contribution in [3.63, 3.8) is 0 Å². The summed E-state index contributed by atoms with van der Waals surface area (Å²) in [4.78, 5) is 0. The van der Waals surface area contributed by atoms with Gasteiger partial charge in [-0.05, 0) is 47.3 Å². The Labute approximate surface area is 211 Å². The first-order chi connectivity index (χ1) is 17.2. The summed E-state index contributed by atoms with van der Waals surface area (Å²) < 4.78 is 78.6. The van der Waals surface area contributed by atoms with Crippen LogP contribution in [0.5, 0.6) is 17.2 Å². The summed E-state index contributed by atoms with van der Waals surface area (Å²) in [6, 6.07) is 23.3. The summed E-state index contributed by atoms with van der Waals surface area (Å²) >= 11 is -11.2. The summed E-state index contributed by atoms with van der Waals surface area (Å²) in [6.07, 6.45) is 0.933. The van der Waals surface area contributed by atoms with Gasteiger partial charge < -0.3 is 14.2 Å².